The summed E-state index contributed by atoms with van der Waals surface area (Å²) >= 11 is 0. The molecule has 0 radical (unpaired) electrons. The fourth-order valence-corrected chi connectivity index (χ4v) is 3.74. The summed E-state index contributed by atoms with van der Waals surface area (Å²) in [4.78, 5) is 15.0. The van der Waals surface area contributed by atoms with E-state index in [9.17, 15) is 9.90 Å². The van der Waals surface area contributed by atoms with E-state index in [4.69, 9.17) is 9.47 Å². The molecule has 5 heteroatoms. The molecule has 132 valence electrons. The zero-order valence-corrected chi connectivity index (χ0v) is 15.1. The van der Waals surface area contributed by atoms with Crippen molar-refractivity contribution in [2.24, 2.45) is 5.92 Å². The first-order valence-electron chi connectivity index (χ1n) is 8.66. The van der Waals surface area contributed by atoms with Crippen molar-refractivity contribution in [3.05, 3.63) is 39.2 Å². The second-order valence-electron chi connectivity index (χ2n) is 7.72. The van der Waals surface area contributed by atoms with E-state index in [2.05, 4.69) is 4.98 Å². The van der Waals surface area contributed by atoms with Crippen LogP contribution in [0, 0.1) is 12.8 Å². The molecule has 0 saturated carbocycles. The molecule has 5 nitrogen and oxygen atoms in total. The molecule has 1 unspecified atom stereocenters. The van der Waals surface area contributed by atoms with E-state index < -0.39 is 11.7 Å². The zero-order chi connectivity index (χ0) is 18.1. The molecule has 1 aromatic heterocycles. The molecule has 2 aromatic rings. The molecular formula is C20H23NO4. The van der Waals surface area contributed by atoms with Crippen LogP contribution < -0.4 is 15.0 Å². The lowest BCUT2D eigenvalue weighted by Gasteiger charge is -2.38. The molecule has 0 saturated heterocycles. The smallest absolute Gasteiger partial charge is 0.248 e. The highest BCUT2D eigenvalue weighted by molar-refractivity contribution is 5.98. The Morgan fingerprint density at radius 2 is 1.96 bits per heavy atom. The predicted molar refractivity (Wildman–Crippen MR) is 97.3 cm³/mol. The zero-order valence-electron chi connectivity index (χ0n) is 15.1. The quantitative estimate of drug-likeness (QED) is 0.770. The average molecular weight is 341 g/mol. The highest BCUT2D eigenvalue weighted by Crippen LogP contribution is 2.51. The summed E-state index contributed by atoms with van der Waals surface area (Å²) in [5, 5.41) is 11.7. The minimum absolute atomic E-state index is 0.0808. The van der Waals surface area contributed by atoms with Crippen molar-refractivity contribution < 1.29 is 14.6 Å². The van der Waals surface area contributed by atoms with Gasteiger partial charge >= 0.3 is 0 Å². The van der Waals surface area contributed by atoms with E-state index >= 15 is 0 Å². The Labute approximate surface area is 146 Å². The van der Waals surface area contributed by atoms with E-state index in [1.807, 2.05) is 46.8 Å². The predicted octanol–water partition coefficient (Wildman–Crippen LogP) is 3.47. The molecule has 3 atom stereocenters. The lowest BCUT2D eigenvalue weighted by Crippen LogP contribution is -2.34. The number of nitrogens with one attached hydrogen (secondary N) is 1. The van der Waals surface area contributed by atoms with Crippen LogP contribution in [-0.4, -0.2) is 21.8 Å². The molecule has 25 heavy (non-hydrogen) atoms. The Balaban J connectivity index is 2.18. The van der Waals surface area contributed by atoms with Gasteiger partial charge in [0.15, 0.2) is 0 Å². The number of aromatic amines is 1. The van der Waals surface area contributed by atoms with Crippen LogP contribution in [0.25, 0.3) is 17.0 Å². The number of H-pyrrole nitrogens is 1. The number of hydrogen-bond acceptors (Lipinski definition) is 4. The summed E-state index contributed by atoms with van der Waals surface area (Å²) in [5.74, 6) is 1.22. The Bertz CT molecular complexity index is 970. The minimum atomic E-state index is -0.715. The van der Waals surface area contributed by atoms with Crippen LogP contribution in [0.3, 0.4) is 0 Å². The molecule has 2 aliphatic rings. The normalized spacial score (nSPS) is 26.6. The van der Waals surface area contributed by atoms with Crippen molar-refractivity contribution >= 4 is 17.0 Å². The first-order valence-corrected chi connectivity index (χ1v) is 8.66. The standard InChI is InChI=1S/C20H23NO4/c1-9-8-13(22)21-16-14(9)19-12(6-7-20(4,5)25-19)18-15(16)17(23)10(2)11(3)24-18/h6-8,10-11,17,23H,1-5H3,(H,21,22)/t10?,11-,17-/m1/s1. The number of aromatic nitrogens is 1. The van der Waals surface area contributed by atoms with E-state index in [0.29, 0.717) is 22.6 Å². The van der Waals surface area contributed by atoms with Crippen LogP contribution in [-0.2, 0) is 0 Å². The van der Waals surface area contributed by atoms with Crippen LogP contribution in [0.5, 0.6) is 11.5 Å². The van der Waals surface area contributed by atoms with Gasteiger partial charge in [0.25, 0.3) is 0 Å². The topological polar surface area (TPSA) is 71.6 Å². The lowest BCUT2D eigenvalue weighted by atomic mass is 9.85. The molecule has 2 N–H and O–H groups in total. The van der Waals surface area contributed by atoms with Gasteiger partial charge in [-0.1, -0.05) is 6.92 Å². The fourth-order valence-electron chi connectivity index (χ4n) is 3.74. The summed E-state index contributed by atoms with van der Waals surface area (Å²) in [6, 6.07) is 1.56. The van der Waals surface area contributed by atoms with Crippen molar-refractivity contribution in [2.45, 2.75) is 52.4 Å². The van der Waals surface area contributed by atoms with Crippen molar-refractivity contribution in [1.82, 2.24) is 4.98 Å². The van der Waals surface area contributed by atoms with Gasteiger partial charge in [0.1, 0.15) is 23.2 Å². The number of rotatable bonds is 0. The fraction of sp³-hybridized carbons (Fsp3) is 0.450. The number of pyridine rings is 1. The summed E-state index contributed by atoms with van der Waals surface area (Å²) in [6.07, 6.45) is 3.13. The molecule has 4 rings (SSSR count). The van der Waals surface area contributed by atoms with Crippen molar-refractivity contribution in [3.8, 4) is 11.5 Å². The monoisotopic (exact) mass is 341 g/mol. The van der Waals surface area contributed by atoms with Gasteiger partial charge in [-0.05, 0) is 45.4 Å². The molecule has 0 aliphatic carbocycles. The number of benzene rings is 1. The highest BCUT2D eigenvalue weighted by atomic mass is 16.5. The number of aliphatic hydroxyl groups excluding tert-OH is 1. The SMILES string of the molecule is Cc1cc(=O)[nH]c2c3c(c4c(c12)OC(C)(C)C=C4)O[C@H](C)C(C)[C@H]3O. The van der Waals surface area contributed by atoms with Gasteiger partial charge in [0, 0.05) is 22.9 Å². The summed E-state index contributed by atoms with van der Waals surface area (Å²) in [7, 11) is 0. The number of aryl methyl sites for hydroxylation is 1. The average Bonchev–Trinajstić information content (AvgIpc) is 2.50. The molecular weight excluding hydrogens is 318 g/mol. The van der Waals surface area contributed by atoms with Crippen LogP contribution in [0.4, 0.5) is 0 Å². The number of ether oxygens (including phenoxy) is 2. The van der Waals surface area contributed by atoms with Crippen LogP contribution in [0.2, 0.25) is 0 Å². The third-order valence-corrected chi connectivity index (χ3v) is 5.32. The van der Waals surface area contributed by atoms with Crippen molar-refractivity contribution in [3.63, 3.8) is 0 Å². The number of aliphatic hydroxyl groups is 1. The minimum Gasteiger partial charge on any atom is -0.489 e. The molecule has 3 heterocycles. The first kappa shape index (κ1) is 16.2. The van der Waals surface area contributed by atoms with Crippen molar-refractivity contribution in [1.29, 1.82) is 0 Å². The third-order valence-electron chi connectivity index (χ3n) is 5.32. The Morgan fingerprint density at radius 1 is 1.24 bits per heavy atom. The Morgan fingerprint density at radius 3 is 2.68 bits per heavy atom. The Hall–Kier alpha value is -2.27. The molecule has 0 spiro atoms. The van der Waals surface area contributed by atoms with Gasteiger partial charge in [-0.3, -0.25) is 4.79 Å². The maximum atomic E-state index is 12.1. The summed E-state index contributed by atoms with van der Waals surface area (Å²) in [5.41, 5.74) is 2.25. The molecule has 0 amide bonds. The highest BCUT2D eigenvalue weighted by Gasteiger charge is 2.38. The van der Waals surface area contributed by atoms with E-state index in [1.54, 1.807) is 6.07 Å². The molecule has 0 fully saturated rings. The van der Waals surface area contributed by atoms with Gasteiger partial charge in [0.2, 0.25) is 5.56 Å². The van der Waals surface area contributed by atoms with Crippen molar-refractivity contribution in [2.75, 3.05) is 0 Å². The van der Waals surface area contributed by atoms with E-state index in [0.717, 1.165) is 16.5 Å². The van der Waals surface area contributed by atoms with E-state index in [1.165, 1.54) is 0 Å². The largest absolute Gasteiger partial charge is 0.489 e. The third kappa shape index (κ3) is 2.29. The summed E-state index contributed by atoms with van der Waals surface area (Å²) < 4.78 is 12.4. The van der Waals surface area contributed by atoms with Crippen LogP contribution in [0.1, 0.15) is 50.5 Å². The van der Waals surface area contributed by atoms with E-state index in [-0.39, 0.29) is 17.6 Å². The van der Waals surface area contributed by atoms with Gasteiger partial charge in [-0.2, -0.15) is 0 Å². The molecule has 1 aromatic carbocycles. The molecule has 2 aliphatic heterocycles. The second kappa shape index (κ2) is 5.11. The number of hydrogen-bond donors (Lipinski definition) is 2. The Kier molecular flexibility index (Phi) is 3.32. The van der Waals surface area contributed by atoms with Gasteiger partial charge in [-0.25, -0.2) is 0 Å². The van der Waals surface area contributed by atoms with Gasteiger partial charge in [-0.15, -0.1) is 0 Å². The second-order valence-corrected chi connectivity index (χ2v) is 7.72. The van der Waals surface area contributed by atoms with Crippen LogP contribution >= 0.6 is 0 Å². The maximum absolute atomic E-state index is 12.1. The maximum Gasteiger partial charge on any atom is 0.248 e. The van der Waals surface area contributed by atoms with Gasteiger partial charge < -0.3 is 19.6 Å². The van der Waals surface area contributed by atoms with Crippen LogP contribution in [0.15, 0.2) is 16.9 Å². The molecule has 0 bridgehead atoms. The summed E-state index contributed by atoms with van der Waals surface area (Å²) in [6.45, 7) is 9.76. The first-order chi connectivity index (χ1) is 11.7. The number of fused-ring (bicyclic) bond motifs is 6. The van der Waals surface area contributed by atoms with Gasteiger partial charge in [0.05, 0.1) is 17.2 Å². The lowest BCUT2D eigenvalue weighted by molar-refractivity contribution is 0.0180.